The highest BCUT2D eigenvalue weighted by atomic mass is 16.4. The molecule has 1 fully saturated rings. The van der Waals surface area contributed by atoms with E-state index < -0.39 is 11.9 Å². The van der Waals surface area contributed by atoms with Gasteiger partial charge in [0.25, 0.3) is 0 Å². The van der Waals surface area contributed by atoms with Crippen LogP contribution in [-0.4, -0.2) is 27.9 Å². The molecule has 5 nitrogen and oxygen atoms in total. The minimum atomic E-state index is -1.01. The quantitative estimate of drug-likeness (QED) is 0.791. The second-order valence-electron chi connectivity index (χ2n) is 6.38. The molecule has 0 heterocycles. The highest BCUT2D eigenvalue weighted by Gasteiger charge is 2.20. The summed E-state index contributed by atoms with van der Waals surface area (Å²) in [5, 5.41) is 18.2. The van der Waals surface area contributed by atoms with Crippen molar-refractivity contribution in [2.45, 2.75) is 19.3 Å². The van der Waals surface area contributed by atoms with Crippen molar-refractivity contribution in [2.24, 2.45) is 0 Å². The Labute approximate surface area is 156 Å². The third-order valence-electron chi connectivity index (χ3n) is 4.42. The van der Waals surface area contributed by atoms with E-state index in [1.807, 2.05) is 0 Å². The fourth-order valence-electron chi connectivity index (χ4n) is 3.10. The van der Waals surface area contributed by atoms with Gasteiger partial charge in [0.1, 0.15) is 0 Å². The van der Waals surface area contributed by atoms with Crippen LogP contribution in [0.1, 0.15) is 51.1 Å². The number of carboxylic acid groups (broad SMARTS) is 2. The van der Waals surface area contributed by atoms with E-state index in [0.29, 0.717) is 35.1 Å². The van der Waals surface area contributed by atoms with Gasteiger partial charge in [-0.1, -0.05) is 24.3 Å². The van der Waals surface area contributed by atoms with Crippen molar-refractivity contribution in [3.63, 3.8) is 0 Å². The predicted molar refractivity (Wildman–Crippen MR) is 102 cm³/mol. The number of rotatable bonds is 4. The Balaban J connectivity index is 1.90. The van der Waals surface area contributed by atoms with Crippen LogP contribution in [-0.2, 0) is 4.79 Å². The smallest absolute Gasteiger partial charge is 0.335 e. The molecule has 2 aromatic carbocycles. The minimum Gasteiger partial charge on any atom is -0.478 e. The molecule has 136 valence electrons. The van der Waals surface area contributed by atoms with E-state index in [4.69, 9.17) is 10.2 Å². The third-order valence-corrected chi connectivity index (χ3v) is 4.42. The van der Waals surface area contributed by atoms with E-state index in [9.17, 15) is 14.4 Å². The minimum absolute atomic E-state index is 0.0808. The molecule has 2 N–H and O–H groups in total. The maximum Gasteiger partial charge on any atom is 0.335 e. The zero-order valence-electron chi connectivity index (χ0n) is 14.5. The molecule has 0 spiro atoms. The van der Waals surface area contributed by atoms with Crippen molar-refractivity contribution < 1.29 is 24.6 Å². The Bertz CT molecular complexity index is 904. The number of hydrogen-bond acceptors (Lipinski definition) is 3. The van der Waals surface area contributed by atoms with Gasteiger partial charge in [0.05, 0.1) is 11.1 Å². The molecule has 1 aliphatic rings. The maximum absolute atomic E-state index is 12.8. The van der Waals surface area contributed by atoms with Gasteiger partial charge in [-0.25, -0.2) is 9.59 Å². The van der Waals surface area contributed by atoms with Crippen molar-refractivity contribution in [1.82, 2.24) is 0 Å². The molecule has 1 aliphatic carbocycles. The van der Waals surface area contributed by atoms with Crippen LogP contribution in [0.3, 0.4) is 0 Å². The van der Waals surface area contributed by atoms with Crippen molar-refractivity contribution in [3.8, 4) is 0 Å². The fourth-order valence-corrected chi connectivity index (χ4v) is 3.10. The summed E-state index contributed by atoms with van der Waals surface area (Å²) in [5.41, 5.74) is 2.95. The summed E-state index contributed by atoms with van der Waals surface area (Å²) in [4.78, 5) is 35.0. The van der Waals surface area contributed by atoms with Crippen molar-refractivity contribution in [2.75, 3.05) is 0 Å². The second-order valence-corrected chi connectivity index (χ2v) is 6.38. The van der Waals surface area contributed by atoms with Crippen LogP contribution in [0.25, 0.3) is 12.2 Å². The molecule has 0 aromatic heterocycles. The lowest BCUT2D eigenvalue weighted by Gasteiger charge is -2.16. The van der Waals surface area contributed by atoms with Gasteiger partial charge in [-0.05, 0) is 66.8 Å². The Kier molecular flexibility index (Phi) is 5.31. The normalized spacial score (nSPS) is 17.3. The van der Waals surface area contributed by atoms with E-state index in [2.05, 4.69) is 0 Å². The summed E-state index contributed by atoms with van der Waals surface area (Å²) < 4.78 is 0. The van der Waals surface area contributed by atoms with E-state index in [0.717, 1.165) is 6.42 Å². The molecule has 0 radical (unpaired) electrons. The van der Waals surface area contributed by atoms with Crippen LogP contribution < -0.4 is 0 Å². The number of ketones is 1. The molecule has 0 aliphatic heterocycles. The Morgan fingerprint density at radius 1 is 0.778 bits per heavy atom. The van der Waals surface area contributed by atoms with Gasteiger partial charge >= 0.3 is 11.9 Å². The Morgan fingerprint density at radius 3 is 1.63 bits per heavy atom. The van der Waals surface area contributed by atoms with E-state index >= 15 is 0 Å². The first-order chi connectivity index (χ1) is 12.9. The lowest BCUT2D eigenvalue weighted by Crippen LogP contribution is -2.12. The second kappa shape index (κ2) is 7.83. The molecule has 2 aromatic rings. The summed E-state index contributed by atoms with van der Waals surface area (Å²) in [6.07, 6.45) is 5.52. The van der Waals surface area contributed by atoms with Gasteiger partial charge < -0.3 is 10.2 Å². The summed E-state index contributed by atoms with van der Waals surface area (Å²) in [6.45, 7) is 0. The average molecular weight is 362 g/mol. The highest BCUT2D eigenvalue weighted by molar-refractivity contribution is 6.14. The molecule has 5 heteroatoms. The highest BCUT2D eigenvalue weighted by Crippen LogP contribution is 2.28. The number of carbonyl (C=O) groups excluding carboxylic acids is 1. The summed E-state index contributed by atoms with van der Waals surface area (Å²) in [5.74, 6) is -2.10. The standard InChI is InChI=1S/C22H18O5/c23-20-16(10-14-4-1-8-18(12-14)21(24)25)6-3-7-17(20)11-15-5-2-9-19(13-15)22(26)27/h1-2,4-5,8-13H,3,6-7H2,(H,24,25)(H,26,27)/b16-10+,17-11+. The Hall–Kier alpha value is -3.47. The van der Waals surface area contributed by atoms with Gasteiger partial charge in [0, 0.05) is 11.1 Å². The monoisotopic (exact) mass is 362 g/mol. The number of carbonyl (C=O) groups is 3. The van der Waals surface area contributed by atoms with Crippen LogP contribution >= 0.6 is 0 Å². The molecule has 0 saturated heterocycles. The van der Waals surface area contributed by atoms with Crippen LogP contribution in [0.5, 0.6) is 0 Å². The number of aromatic carboxylic acids is 2. The first-order valence-corrected chi connectivity index (χ1v) is 8.56. The molecule has 0 amide bonds. The summed E-state index contributed by atoms with van der Waals surface area (Å²) >= 11 is 0. The number of carboxylic acids is 2. The first kappa shape index (κ1) is 18.3. The lowest BCUT2D eigenvalue weighted by molar-refractivity contribution is -0.112. The van der Waals surface area contributed by atoms with Crippen molar-refractivity contribution in [1.29, 1.82) is 0 Å². The van der Waals surface area contributed by atoms with Crippen LogP contribution in [0.2, 0.25) is 0 Å². The SMILES string of the molecule is O=C1/C(=C/c2cccc(C(=O)O)c2)CCC/C1=C\c1cccc(C(=O)O)c1. The number of benzene rings is 2. The average Bonchev–Trinajstić information content (AvgIpc) is 2.65. The predicted octanol–water partition coefficient (Wildman–Crippen LogP) is 4.30. The maximum atomic E-state index is 12.8. The zero-order valence-corrected chi connectivity index (χ0v) is 14.5. The molecule has 3 rings (SSSR count). The van der Waals surface area contributed by atoms with E-state index in [-0.39, 0.29) is 16.9 Å². The van der Waals surface area contributed by atoms with E-state index in [1.165, 1.54) is 24.3 Å². The molecule has 0 unspecified atom stereocenters. The van der Waals surface area contributed by atoms with Gasteiger partial charge in [-0.2, -0.15) is 0 Å². The summed E-state index contributed by atoms with van der Waals surface area (Å²) in [6, 6.07) is 12.9. The van der Waals surface area contributed by atoms with Crippen molar-refractivity contribution in [3.05, 3.63) is 81.9 Å². The number of allylic oxidation sites excluding steroid dienone is 2. The molecule has 0 bridgehead atoms. The number of Topliss-reactive ketones (excluding diaryl/α,β-unsaturated/α-hetero) is 1. The summed E-state index contributed by atoms with van der Waals surface area (Å²) in [7, 11) is 0. The van der Waals surface area contributed by atoms with Crippen molar-refractivity contribution >= 4 is 29.9 Å². The van der Waals surface area contributed by atoms with Gasteiger partial charge in [-0.3, -0.25) is 4.79 Å². The molecular formula is C22H18O5. The fraction of sp³-hybridized carbons (Fsp3) is 0.136. The largest absolute Gasteiger partial charge is 0.478 e. The Morgan fingerprint density at radius 2 is 1.22 bits per heavy atom. The van der Waals surface area contributed by atoms with Gasteiger partial charge in [-0.15, -0.1) is 0 Å². The molecule has 0 atom stereocenters. The molecular weight excluding hydrogens is 344 g/mol. The number of hydrogen-bond donors (Lipinski definition) is 2. The van der Waals surface area contributed by atoms with Crippen LogP contribution in [0.4, 0.5) is 0 Å². The third kappa shape index (κ3) is 4.39. The van der Waals surface area contributed by atoms with Gasteiger partial charge in [0.15, 0.2) is 5.78 Å². The molecule has 1 saturated carbocycles. The van der Waals surface area contributed by atoms with E-state index in [1.54, 1.807) is 36.4 Å². The topological polar surface area (TPSA) is 91.7 Å². The van der Waals surface area contributed by atoms with Crippen LogP contribution in [0, 0.1) is 0 Å². The molecule has 27 heavy (non-hydrogen) atoms. The van der Waals surface area contributed by atoms with Crippen LogP contribution in [0.15, 0.2) is 59.7 Å². The lowest BCUT2D eigenvalue weighted by atomic mass is 9.86. The first-order valence-electron chi connectivity index (χ1n) is 8.56. The zero-order chi connectivity index (χ0) is 19.4. The van der Waals surface area contributed by atoms with Gasteiger partial charge in [0.2, 0.25) is 0 Å².